The third-order valence-corrected chi connectivity index (χ3v) is 5.40. The van der Waals surface area contributed by atoms with E-state index < -0.39 is 6.03 Å². The molecule has 0 aliphatic carbocycles. The van der Waals surface area contributed by atoms with Crippen LogP contribution in [0.2, 0.25) is 0 Å². The number of anilines is 2. The third kappa shape index (κ3) is 3.92. The van der Waals surface area contributed by atoms with Crippen LogP contribution in [-0.2, 0) is 16.1 Å². The molecular formula is C21H24N6O3. The van der Waals surface area contributed by atoms with Gasteiger partial charge in [-0.25, -0.2) is 4.79 Å². The molecule has 1 fully saturated rings. The van der Waals surface area contributed by atoms with Crippen molar-refractivity contribution in [2.24, 2.45) is 5.73 Å². The van der Waals surface area contributed by atoms with E-state index in [1.165, 1.54) is 0 Å². The van der Waals surface area contributed by atoms with Gasteiger partial charge in [-0.2, -0.15) is 0 Å². The number of nitrogens with two attached hydrogens (primary N) is 1. The molecule has 1 unspecified atom stereocenters. The van der Waals surface area contributed by atoms with Crippen molar-refractivity contribution >= 4 is 40.4 Å². The van der Waals surface area contributed by atoms with Crippen LogP contribution < -0.4 is 27.0 Å². The van der Waals surface area contributed by atoms with Crippen LogP contribution >= 0.6 is 0 Å². The Morgan fingerprint density at radius 3 is 2.83 bits per heavy atom. The highest BCUT2D eigenvalue weighted by Gasteiger charge is 2.27. The van der Waals surface area contributed by atoms with Crippen molar-refractivity contribution in [3.05, 3.63) is 47.3 Å². The summed E-state index contributed by atoms with van der Waals surface area (Å²) in [6.07, 6.45) is 3.69. The molecule has 156 valence electrons. The quantitative estimate of drug-likeness (QED) is 0.419. The third-order valence-electron chi connectivity index (χ3n) is 5.40. The zero-order valence-electron chi connectivity index (χ0n) is 16.6. The first-order valence-corrected chi connectivity index (χ1v) is 9.84. The lowest BCUT2D eigenvalue weighted by molar-refractivity contribution is -0.123. The molecule has 0 saturated carbocycles. The van der Waals surface area contributed by atoms with Gasteiger partial charge in [0.05, 0.1) is 11.6 Å². The second-order valence-corrected chi connectivity index (χ2v) is 7.49. The van der Waals surface area contributed by atoms with Gasteiger partial charge in [0.15, 0.2) is 0 Å². The lowest BCUT2D eigenvalue weighted by atomic mass is 9.99. The Kier molecular flexibility index (Phi) is 5.28. The van der Waals surface area contributed by atoms with Crippen LogP contribution in [0.15, 0.2) is 30.5 Å². The highest BCUT2D eigenvalue weighted by atomic mass is 16.2. The number of urea groups is 1. The van der Waals surface area contributed by atoms with Gasteiger partial charge in [0.25, 0.3) is 5.91 Å². The zero-order chi connectivity index (χ0) is 21.3. The highest BCUT2D eigenvalue weighted by Crippen LogP contribution is 2.38. The predicted molar refractivity (Wildman–Crippen MR) is 114 cm³/mol. The first kappa shape index (κ1) is 19.7. The molecule has 1 aromatic carbocycles. The van der Waals surface area contributed by atoms with Crippen LogP contribution in [0.1, 0.15) is 36.6 Å². The van der Waals surface area contributed by atoms with Gasteiger partial charge in [-0.15, -0.1) is 0 Å². The molecule has 0 radical (unpaired) electrons. The summed E-state index contributed by atoms with van der Waals surface area (Å²) >= 11 is 0. The Bertz CT molecular complexity index is 1050. The largest absolute Gasteiger partial charge is 0.361 e. The van der Waals surface area contributed by atoms with Gasteiger partial charge < -0.3 is 32.0 Å². The van der Waals surface area contributed by atoms with Gasteiger partial charge in [0.2, 0.25) is 5.91 Å². The lowest BCUT2D eigenvalue weighted by Gasteiger charge is -2.10. The first-order chi connectivity index (χ1) is 14.4. The molecule has 9 heteroatoms. The maximum absolute atomic E-state index is 12.6. The number of H-pyrrole nitrogens is 1. The fourth-order valence-electron chi connectivity index (χ4n) is 3.87. The number of benzene rings is 1. The Morgan fingerprint density at radius 1 is 1.27 bits per heavy atom. The number of fused-ring (bicyclic) bond motifs is 1. The van der Waals surface area contributed by atoms with Crippen LogP contribution in [0.4, 0.5) is 16.2 Å². The number of hydrogen-bond acceptors (Lipinski definition) is 4. The van der Waals surface area contributed by atoms with Crippen molar-refractivity contribution in [2.45, 2.75) is 32.4 Å². The summed E-state index contributed by atoms with van der Waals surface area (Å²) in [5.74, 6) is -0.209. The Morgan fingerprint density at radius 2 is 2.10 bits per heavy atom. The van der Waals surface area contributed by atoms with E-state index in [2.05, 4.69) is 26.3 Å². The molecule has 4 rings (SSSR count). The SMILES string of the molecule is CC(=C1C(=O)Nc2ccc(NC(N)=O)cc21)c1cc(CNC(=O)C2CCCN2)c[nH]1. The van der Waals surface area contributed by atoms with E-state index in [4.69, 9.17) is 5.73 Å². The number of rotatable bonds is 5. The van der Waals surface area contributed by atoms with Crippen LogP contribution in [0.5, 0.6) is 0 Å². The predicted octanol–water partition coefficient (Wildman–Crippen LogP) is 1.76. The van der Waals surface area contributed by atoms with Crippen molar-refractivity contribution in [1.82, 2.24) is 15.6 Å². The van der Waals surface area contributed by atoms with Crippen LogP contribution in [0, 0.1) is 0 Å². The number of allylic oxidation sites excluding steroid dienone is 1. The molecule has 3 heterocycles. The van der Waals surface area contributed by atoms with Gasteiger partial charge in [-0.3, -0.25) is 9.59 Å². The monoisotopic (exact) mass is 408 g/mol. The summed E-state index contributed by atoms with van der Waals surface area (Å²) in [6.45, 7) is 3.14. The maximum Gasteiger partial charge on any atom is 0.316 e. The van der Waals surface area contributed by atoms with E-state index in [1.807, 2.05) is 19.2 Å². The molecule has 2 aliphatic rings. The Labute approximate surface area is 173 Å². The van der Waals surface area contributed by atoms with Crippen LogP contribution in [0.3, 0.4) is 0 Å². The minimum absolute atomic E-state index is 0.00362. The summed E-state index contributed by atoms with van der Waals surface area (Å²) < 4.78 is 0. The number of primary amides is 1. The molecule has 0 bridgehead atoms. The molecular weight excluding hydrogens is 384 g/mol. The summed E-state index contributed by atoms with van der Waals surface area (Å²) in [5, 5.41) is 11.5. The van der Waals surface area contributed by atoms with Crippen LogP contribution in [0.25, 0.3) is 11.1 Å². The van der Waals surface area contributed by atoms with Crippen molar-refractivity contribution in [2.75, 3.05) is 17.2 Å². The van der Waals surface area contributed by atoms with Crippen molar-refractivity contribution < 1.29 is 14.4 Å². The number of hydrogen-bond donors (Lipinski definition) is 6. The standard InChI is InChI=1S/C21H24N6O3/c1-11(17-7-12(9-24-17)10-25-19(28)16-3-2-6-23-16)18-14-8-13(26-21(22)30)4-5-15(14)27-20(18)29/h4-5,7-9,16,23-24H,2-3,6,10H2,1H3,(H,25,28)(H,27,29)(H3,22,26,30). The molecule has 7 N–H and O–H groups in total. The second-order valence-electron chi connectivity index (χ2n) is 7.49. The van der Waals surface area contributed by atoms with Crippen LogP contribution in [-0.4, -0.2) is 35.4 Å². The van der Waals surface area contributed by atoms with Gasteiger partial charge in [-0.1, -0.05) is 0 Å². The number of carbonyl (C=O) groups excluding carboxylic acids is 3. The van der Waals surface area contributed by atoms with Gasteiger partial charge in [0, 0.05) is 35.4 Å². The summed E-state index contributed by atoms with van der Waals surface area (Å²) in [4.78, 5) is 39.1. The normalized spacial score (nSPS) is 19.2. The molecule has 9 nitrogen and oxygen atoms in total. The van der Waals surface area contributed by atoms with E-state index in [9.17, 15) is 14.4 Å². The summed E-state index contributed by atoms with van der Waals surface area (Å²) in [7, 11) is 0. The van der Waals surface area contributed by atoms with E-state index in [0.29, 0.717) is 29.1 Å². The average Bonchev–Trinajstić information content (AvgIpc) is 3.44. The smallest absolute Gasteiger partial charge is 0.316 e. The minimum Gasteiger partial charge on any atom is -0.361 e. The second kappa shape index (κ2) is 8.03. The average molecular weight is 408 g/mol. The molecule has 1 aromatic heterocycles. The van der Waals surface area contributed by atoms with Crippen molar-refractivity contribution in [1.29, 1.82) is 0 Å². The number of aromatic nitrogens is 1. The molecule has 2 aromatic rings. The number of carbonyl (C=O) groups is 3. The fraction of sp³-hybridized carbons (Fsp3) is 0.286. The number of aromatic amines is 1. The minimum atomic E-state index is -0.668. The van der Waals surface area contributed by atoms with Gasteiger partial charge in [0.1, 0.15) is 0 Å². The molecule has 1 saturated heterocycles. The molecule has 4 amide bonds. The summed E-state index contributed by atoms with van der Waals surface area (Å²) in [6, 6.07) is 6.26. The van der Waals surface area contributed by atoms with E-state index in [0.717, 1.165) is 36.2 Å². The molecule has 2 aliphatic heterocycles. The fourth-order valence-corrected chi connectivity index (χ4v) is 3.87. The zero-order valence-corrected chi connectivity index (χ0v) is 16.6. The molecule has 0 spiro atoms. The van der Waals surface area contributed by atoms with E-state index in [1.54, 1.807) is 18.2 Å². The topological polar surface area (TPSA) is 141 Å². The Balaban J connectivity index is 1.54. The number of nitrogens with one attached hydrogen (secondary N) is 5. The number of amides is 4. The van der Waals surface area contributed by atoms with E-state index in [-0.39, 0.29) is 17.9 Å². The lowest BCUT2D eigenvalue weighted by Crippen LogP contribution is -2.39. The summed E-state index contributed by atoms with van der Waals surface area (Å²) in [5.41, 5.74) is 10.1. The maximum atomic E-state index is 12.6. The molecule has 1 atom stereocenters. The van der Waals surface area contributed by atoms with Crippen molar-refractivity contribution in [3.8, 4) is 0 Å². The molecule has 30 heavy (non-hydrogen) atoms. The van der Waals surface area contributed by atoms with Gasteiger partial charge >= 0.3 is 6.03 Å². The highest BCUT2D eigenvalue weighted by molar-refractivity contribution is 6.36. The van der Waals surface area contributed by atoms with Gasteiger partial charge in [-0.05, 0) is 61.7 Å². The van der Waals surface area contributed by atoms with E-state index >= 15 is 0 Å². The van der Waals surface area contributed by atoms with Crippen molar-refractivity contribution in [3.63, 3.8) is 0 Å². The first-order valence-electron chi connectivity index (χ1n) is 9.84. The Hall–Kier alpha value is -3.59.